The van der Waals surface area contributed by atoms with Crippen LogP contribution in [-0.4, -0.2) is 20.5 Å². The number of nitrogens with zero attached hydrogens (tertiary/aromatic N) is 3. The molecular weight excluding hydrogens is 317 g/mol. The summed E-state index contributed by atoms with van der Waals surface area (Å²) in [4.78, 5) is 27.6. The molecule has 2 aromatic rings. The lowest BCUT2D eigenvalue weighted by atomic mass is 10.3. The summed E-state index contributed by atoms with van der Waals surface area (Å²) in [6.45, 7) is 0. The van der Waals surface area contributed by atoms with Gasteiger partial charge in [0.1, 0.15) is 5.56 Å². The summed E-state index contributed by atoms with van der Waals surface area (Å²) in [5, 5.41) is 10.7. The quantitative estimate of drug-likeness (QED) is 0.855. The summed E-state index contributed by atoms with van der Waals surface area (Å²) in [6, 6.07) is 4.64. The maximum Gasteiger partial charge on any atom is 0.333 e. The van der Waals surface area contributed by atoms with E-state index in [1.54, 1.807) is 18.2 Å². The minimum absolute atomic E-state index is 0.101. The van der Waals surface area contributed by atoms with Crippen LogP contribution in [0.5, 0.6) is 5.88 Å². The highest BCUT2D eigenvalue weighted by atomic mass is 35.5. The fraction of sp³-hybridized carbons (Fsp3) is 0.154. The number of hydrogen-bond donors (Lipinski definition) is 1. The predicted octanol–water partition coefficient (Wildman–Crippen LogP) is 1.85. The molecule has 0 saturated heterocycles. The van der Waals surface area contributed by atoms with Crippen molar-refractivity contribution in [2.75, 3.05) is 0 Å². The number of hydrogen-bond acceptors (Lipinski definition) is 4. The van der Waals surface area contributed by atoms with Gasteiger partial charge in [0.05, 0.1) is 5.69 Å². The first-order chi connectivity index (χ1) is 9.81. The SMILES string of the molecule is Cn1c(O)c(C=Nc2cc(Cl)cc(Cl)c2)c(=O)n(C)c1=O. The van der Waals surface area contributed by atoms with Gasteiger partial charge < -0.3 is 5.11 Å². The highest BCUT2D eigenvalue weighted by Crippen LogP contribution is 2.24. The maximum absolute atomic E-state index is 12.0. The van der Waals surface area contributed by atoms with Gasteiger partial charge in [-0.25, -0.2) is 4.79 Å². The third kappa shape index (κ3) is 3.01. The van der Waals surface area contributed by atoms with E-state index < -0.39 is 17.1 Å². The monoisotopic (exact) mass is 327 g/mol. The van der Waals surface area contributed by atoms with E-state index in [-0.39, 0.29) is 5.56 Å². The first-order valence-corrected chi connectivity index (χ1v) is 6.56. The fourth-order valence-electron chi connectivity index (χ4n) is 1.73. The second kappa shape index (κ2) is 5.75. The van der Waals surface area contributed by atoms with Crippen molar-refractivity contribution in [3.05, 3.63) is 54.6 Å². The first kappa shape index (κ1) is 15.3. The molecule has 0 bridgehead atoms. The van der Waals surface area contributed by atoms with Crippen LogP contribution in [-0.2, 0) is 14.1 Å². The zero-order valence-corrected chi connectivity index (χ0v) is 12.7. The van der Waals surface area contributed by atoms with Crippen molar-refractivity contribution in [3.63, 3.8) is 0 Å². The number of aromatic nitrogens is 2. The Hall–Kier alpha value is -2.05. The lowest BCUT2D eigenvalue weighted by Crippen LogP contribution is -2.38. The van der Waals surface area contributed by atoms with E-state index in [0.29, 0.717) is 15.7 Å². The van der Waals surface area contributed by atoms with Gasteiger partial charge in [-0.3, -0.25) is 18.9 Å². The minimum atomic E-state index is -0.646. The zero-order valence-electron chi connectivity index (χ0n) is 11.2. The Morgan fingerprint density at radius 2 is 1.67 bits per heavy atom. The number of aliphatic imine (C=N–C) groups is 1. The predicted molar refractivity (Wildman–Crippen MR) is 82.3 cm³/mol. The Morgan fingerprint density at radius 1 is 1.10 bits per heavy atom. The normalized spacial score (nSPS) is 11.2. The molecule has 21 heavy (non-hydrogen) atoms. The zero-order chi connectivity index (χ0) is 15.7. The number of aromatic hydroxyl groups is 1. The van der Waals surface area contributed by atoms with Crippen LogP contribution in [0.3, 0.4) is 0 Å². The van der Waals surface area contributed by atoms with Gasteiger partial charge in [-0.05, 0) is 18.2 Å². The Morgan fingerprint density at radius 3 is 2.24 bits per heavy atom. The molecule has 1 aromatic carbocycles. The third-order valence-corrected chi connectivity index (χ3v) is 3.29. The van der Waals surface area contributed by atoms with E-state index in [2.05, 4.69) is 4.99 Å². The first-order valence-electron chi connectivity index (χ1n) is 5.80. The number of halogens is 2. The van der Waals surface area contributed by atoms with Gasteiger partial charge >= 0.3 is 5.69 Å². The topological polar surface area (TPSA) is 76.6 Å². The fourth-order valence-corrected chi connectivity index (χ4v) is 2.24. The molecule has 0 fully saturated rings. The van der Waals surface area contributed by atoms with Crippen molar-refractivity contribution >= 4 is 35.1 Å². The van der Waals surface area contributed by atoms with Gasteiger partial charge in [0, 0.05) is 30.4 Å². The van der Waals surface area contributed by atoms with Gasteiger partial charge in [-0.15, -0.1) is 0 Å². The minimum Gasteiger partial charge on any atom is -0.494 e. The summed E-state index contributed by atoms with van der Waals surface area (Å²) < 4.78 is 1.83. The summed E-state index contributed by atoms with van der Waals surface area (Å²) in [5.41, 5.74) is -0.952. The second-order valence-corrected chi connectivity index (χ2v) is 5.20. The van der Waals surface area contributed by atoms with E-state index in [0.717, 1.165) is 9.13 Å². The molecule has 8 heteroatoms. The van der Waals surface area contributed by atoms with Gasteiger partial charge in [0.15, 0.2) is 0 Å². The molecular formula is C13H11Cl2N3O3. The van der Waals surface area contributed by atoms with Crippen LogP contribution in [0.1, 0.15) is 5.56 Å². The largest absolute Gasteiger partial charge is 0.494 e. The van der Waals surface area contributed by atoms with Gasteiger partial charge in [-0.1, -0.05) is 23.2 Å². The molecule has 0 aliphatic heterocycles. The molecule has 0 aliphatic carbocycles. The third-order valence-electron chi connectivity index (χ3n) is 2.86. The van der Waals surface area contributed by atoms with Crippen LogP contribution in [0.25, 0.3) is 0 Å². The molecule has 6 nitrogen and oxygen atoms in total. The molecule has 0 unspecified atom stereocenters. The van der Waals surface area contributed by atoms with Crippen LogP contribution < -0.4 is 11.2 Å². The van der Waals surface area contributed by atoms with Crippen LogP contribution in [0.4, 0.5) is 5.69 Å². The summed E-state index contributed by atoms with van der Waals surface area (Å²) >= 11 is 11.7. The number of benzene rings is 1. The molecule has 0 saturated carbocycles. The molecule has 110 valence electrons. The standard InChI is InChI=1S/C13H11Cl2N3O3/c1-17-11(19)10(12(20)18(2)13(17)21)6-16-9-4-7(14)3-8(15)5-9/h3-6,19H,1-2H3. The maximum atomic E-state index is 12.0. The van der Waals surface area contributed by atoms with Crippen molar-refractivity contribution in [1.29, 1.82) is 0 Å². The Kier molecular flexibility index (Phi) is 4.20. The van der Waals surface area contributed by atoms with E-state index in [9.17, 15) is 14.7 Å². The van der Waals surface area contributed by atoms with Crippen molar-refractivity contribution < 1.29 is 5.11 Å². The van der Waals surface area contributed by atoms with Crippen LogP contribution >= 0.6 is 23.2 Å². The lowest BCUT2D eigenvalue weighted by molar-refractivity contribution is 0.410. The Bertz CT molecular complexity index is 833. The van der Waals surface area contributed by atoms with Crippen molar-refractivity contribution in [3.8, 4) is 5.88 Å². The highest BCUT2D eigenvalue weighted by molar-refractivity contribution is 6.35. The van der Waals surface area contributed by atoms with E-state index in [4.69, 9.17) is 23.2 Å². The smallest absolute Gasteiger partial charge is 0.333 e. The average molecular weight is 328 g/mol. The van der Waals surface area contributed by atoms with Gasteiger partial charge in [0.2, 0.25) is 5.88 Å². The van der Waals surface area contributed by atoms with Crippen molar-refractivity contribution in [1.82, 2.24) is 9.13 Å². The molecule has 2 rings (SSSR count). The van der Waals surface area contributed by atoms with E-state index in [1.165, 1.54) is 20.3 Å². The van der Waals surface area contributed by atoms with Gasteiger partial charge in [-0.2, -0.15) is 0 Å². The van der Waals surface area contributed by atoms with Crippen LogP contribution in [0.15, 0.2) is 32.8 Å². The van der Waals surface area contributed by atoms with Crippen LogP contribution in [0.2, 0.25) is 10.0 Å². The van der Waals surface area contributed by atoms with Crippen LogP contribution in [0, 0.1) is 0 Å². The molecule has 0 atom stereocenters. The second-order valence-electron chi connectivity index (χ2n) is 4.33. The van der Waals surface area contributed by atoms with E-state index in [1.807, 2.05) is 0 Å². The molecule has 0 spiro atoms. The molecule has 0 radical (unpaired) electrons. The van der Waals surface area contributed by atoms with E-state index >= 15 is 0 Å². The summed E-state index contributed by atoms with van der Waals surface area (Å²) in [5.74, 6) is -0.458. The summed E-state index contributed by atoms with van der Waals surface area (Å²) in [6.07, 6.45) is 1.17. The molecule has 1 aromatic heterocycles. The van der Waals surface area contributed by atoms with Crippen molar-refractivity contribution in [2.45, 2.75) is 0 Å². The molecule has 1 heterocycles. The molecule has 1 N–H and O–H groups in total. The van der Waals surface area contributed by atoms with Crippen molar-refractivity contribution in [2.24, 2.45) is 19.1 Å². The Labute approximate surface area is 129 Å². The molecule has 0 amide bonds. The summed E-state index contributed by atoms with van der Waals surface area (Å²) in [7, 11) is 2.67. The van der Waals surface area contributed by atoms with Gasteiger partial charge in [0.25, 0.3) is 5.56 Å². The highest BCUT2D eigenvalue weighted by Gasteiger charge is 2.12. The Balaban J connectivity index is 2.56. The number of rotatable bonds is 2. The lowest BCUT2D eigenvalue weighted by Gasteiger charge is -2.07. The average Bonchev–Trinajstić information content (AvgIpc) is 2.42. The molecule has 0 aliphatic rings.